The summed E-state index contributed by atoms with van der Waals surface area (Å²) < 4.78 is 16.8. The fraction of sp³-hybridized carbons (Fsp3) is 0.154. The average molecular weight is 559 g/mol. The molecule has 13 nitrogen and oxygen atoms in total. The highest BCUT2D eigenvalue weighted by atomic mass is 32.1. The van der Waals surface area contributed by atoms with E-state index in [0.29, 0.717) is 39.9 Å². The number of benzene rings is 1. The molecule has 0 spiro atoms. The molecule has 0 fully saturated rings. The number of ether oxygens (including phenoxy) is 2. The zero-order valence-corrected chi connectivity index (χ0v) is 22.1. The van der Waals surface area contributed by atoms with Gasteiger partial charge in [0.15, 0.2) is 5.65 Å². The number of thiazole rings is 1. The van der Waals surface area contributed by atoms with Gasteiger partial charge in [0.05, 0.1) is 43.0 Å². The van der Waals surface area contributed by atoms with E-state index in [4.69, 9.17) is 14.6 Å². The van der Waals surface area contributed by atoms with Gasteiger partial charge in [-0.3, -0.25) is 10.1 Å². The zero-order valence-electron chi connectivity index (χ0n) is 21.3. The summed E-state index contributed by atoms with van der Waals surface area (Å²) in [6.07, 6.45) is 2.06. The highest BCUT2D eigenvalue weighted by molar-refractivity contribution is 7.21. The van der Waals surface area contributed by atoms with Crippen LogP contribution >= 0.6 is 11.3 Å². The standard InChI is InChI=1S/C26H22N8O5S/c1-32-21-18(12-28-34(24(21)35)14-16-4-3-5-19(29-16)30-25(36)37)22-23(32)31-26(40-22)39-20-10-11-27-33(20)13-15-6-8-17(38-2)9-7-15/h3-12H,13-14H2,1-2H3,(H,29,30)(H,36,37). The van der Waals surface area contributed by atoms with Gasteiger partial charge in [0.2, 0.25) is 5.88 Å². The molecule has 1 amide bonds. The van der Waals surface area contributed by atoms with Crippen LogP contribution in [-0.2, 0) is 20.1 Å². The molecule has 0 atom stereocenters. The molecule has 0 radical (unpaired) electrons. The fourth-order valence-corrected chi connectivity index (χ4v) is 5.31. The van der Waals surface area contributed by atoms with Crippen LogP contribution in [0.3, 0.4) is 0 Å². The first kappa shape index (κ1) is 25.1. The maximum Gasteiger partial charge on any atom is 0.410 e. The van der Waals surface area contributed by atoms with E-state index in [2.05, 4.69) is 25.5 Å². The molecule has 0 bridgehead atoms. The summed E-state index contributed by atoms with van der Waals surface area (Å²) in [5, 5.41) is 20.9. The molecule has 0 aliphatic carbocycles. The van der Waals surface area contributed by atoms with E-state index in [0.717, 1.165) is 16.0 Å². The third-order valence-electron chi connectivity index (χ3n) is 6.22. The summed E-state index contributed by atoms with van der Waals surface area (Å²) in [6.45, 7) is 0.580. The Kier molecular flexibility index (Phi) is 6.36. The van der Waals surface area contributed by atoms with Crippen LogP contribution in [0.4, 0.5) is 10.6 Å². The van der Waals surface area contributed by atoms with Gasteiger partial charge < -0.3 is 19.1 Å². The predicted molar refractivity (Wildman–Crippen MR) is 148 cm³/mol. The molecule has 0 unspecified atom stereocenters. The quantitative estimate of drug-likeness (QED) is 0.283. The lowest BCUT2D eigenvalue weighted by Gasteiger charge is -2.08. The Hall–Kier alpha value is -5.24. The second-order valence-electron chi connectivity index (χ2n) is 8.78. The van der Waals surface area contributed by atoms with Crippen molar-refractivity contribution in [2.45, 2.75) is 13.1 Å². The van der Waals surface area contributed by atoms with Crippen LogP contribution in [0.5, 0.6) is 16.8 Å². The summed E-state index contributed by atoms with van der Waals surface area (Å²) >= 11 is 1.32. The SMILES string of the molecule is COc1ccc(Cn2nccc2Oc2nc3c(s2)c2cnn(Cc4cccc(NC(=O)O)n4)c(=O)c2n3C)cc1. The number of methoxy groups -OCH3 is 1. The van der Waals surface area contributed by atoms with Gasteiger partial charge in [-0.2, -0.15) is 15.2 Å². The largest absolute Gasteiger partial charge is 0.497 e. The zero-order chi connectivity index (χ0) is 27.8. The van der Waals surface area contributed by atoms with Crippen LogP contribution in [0.2, 0.25) is 0 Å². The van der Waals surface area contributed by atoms with Crippen molar-refractivity contribution < 1.29 is 19.4 Å². The number of hydrogen-bond donors (Lipinski definition) is 2. The Morgan fingerprint density at radius 1 is 1.05 bits per heavy atom. The molecular weight excluding hydrogens is 536 g/mol. The number of fused-ring (bicyclic) bond motifs is 3. The highest BCUT2D eigenvalue weighted by Crippen LogP contribution is 2.36. The Labute approximate surface area is 229 Å². The molecule has 5 heterocycles. The normalized spacial score (nSPS) is 11.2. The van der Waals surface area contributed by atoms with Crippen molar-refractivity contribution in [1.82, 2.24) is 34.1 Å². The van der Waals surface area contributed by atoms with E-state index in [1.54, 1.807) is 54.0 Å². The molecule has 202 valence electrons. The lowest BCUT2D eigenvalue weighted by atomic mass is 10.2. The monoisotopic (exact) mass is 558 g/mol. The second kappa shape index (κ2) is 10.1. The first-order valence-electron chi connectivity index (χ1n) is 12.0. The van der Waals surface area contributed by atoms with E-state index in [9.17, 15) is 9.59 Å². The van der Waals surface area contributed by atoms with Crippen LogP contribution in [-0.4, -0.2) is 52.4 Å². The van der Waals surface area contributed by atoms with Crippen LogP contribution in [0.1, 0.15) is 11.3 Å². The minimum absolute atomic E-state index is 0.0721. The van der Waals surface area contributed by atoms with Gasteiger partial charge in [-0.15, -0.1) is 0 Å². The lowest BCUT2D eigenvalue weighted by Crippen LogP contribution is -2.25. The van der Waals surface area contributed by atoms with Crippen LogP contribution in [0, 0.1) is 0 Å². The van der Waals surface area contributed by atoms with Crippen molar-refractivity contribution in [3.8, 4) is 16.8 Å². The number of pyridine rings is 1. The maximum absolute atomic E-state index is 13.4. The maximum atomic E-state index is 13.4. The number of carboxylic acid groups (broad SMARTS) is 1. The summed E-state index contributed by atoms with van der Waals surface area (Å²) in [6, 6.07) is 14.4. The van der Waals surface area contributed by atoms with E-state index >= 15 is 0 Å². The number of amides is 1. The molecule has 6 aromatic rings. The molecule has 0 aliphatic rings. The van der Waals surface area contributed by atoms with Crippen LogP contribution in [0.25, 0.3) is 21.3 Å². The third-order valence-corrected chi connectivity index (χ3v) is 7.18. The van der Waals surface area contributed by atoms with Crippen molar-refractivity contribution in [3.05, 3.63) is 82.5 Å². The molecule has 5 aromatic heterocycles. The van der Waals surface area contributed by atoms with E-state index in [1.807, 2.05) is 24.3 Å². The van der Waals surface area contributed by atoms with Gasteiger partial charge in [-0.25, -0.2) is 19.1 Å². The number of hydrogen-bond acceptors (Lipinski definition) is 9. The Bertz CT molecular complexity index is 1920. The van der Waals surface area contributed by atoms with Gasteiger partial charge in [-0.1, -0.05) is 29.5 Å². The summed E-state index contributed by atoms with van der Waals surface area (Å²) in [5.41, 5.74) is 2.24. The summed E-state index contributed by atoms with van der Waals surface area (Å²) in [4.78, 5) is 33.1. The van der Waals surface area contributed by atoms with Gasteiger partial charge >= 0.3 is 6.09 Å². The molecule has 1 aromatic carbocycles. The molecule has 6 rings (SSSR count). The number of carbonyl (C=O) groups is 1. The first-order valence-corrected chi connectivity index (χ1v) is 12.8. The van der Waals surface area contributed by atoms with Gasteiger partial charge in [-0.05, 0) is 29.8 Å². The van der Waals surface area contributed by atoms with Crippen LogP contribution in [0.15, 0.2) is 65.7 Å². The summed E-state index contributed by atoms with van der Waals surface area (Å²) in [5.74, 6) is 1.48. The van der Waals surface area contributed by atoms with Gasteiger partial charge in [0.1, 0.15) is 17.1 Å². The number of anilines is 1. The molecule has 40 heavy (non-hydrogen) atoms. The first-order chi connectivity index (χ1) is 19.4. The summed E-state index contributed by atoms with van der Waals surface area (Å²) in [7, 11) is 3.39. The number of rotatable bonds is 8. The molecule has 14 heteroatoms. The molecule has 0 saturated carbocycles. The highest BCUT2D eigenvalue weighted by Gasteiger charge is 2.20. The van der Waals surface area contributed by atoms with E-state index in [-0.39, 0.29) is 17.9 Å². The van der Waals surface area contributed by atoms with Crippen molar-refractivity contribution in [1.29, 1.82) is 0 Å². The van der Waals surface area contributed by atoms with E-state index in [1.165, 1.54) is 22.1 Å². The average Bonchev–Trinajstić information content (AvgIpc) is 3.62. The van der Waals surface area contributed by atoms with Crippen molar-refractivity contribution >= 4 is 44.5 Å². The Balaban J connectivity index is 1.26. The number of nitrogens with one attached hydrogen (secondary N) is 1. The minimum atomic E-state index is -1.22. The number of nitrogens with zero attached hydrogens (tertiary/aromatic N) is 7. The number of aryl methyl sites for hydroxylation is 1. The van der Waals surface area contributed by atoms with E-state index < -0.39 is 6.09 Å². The molecule has 0 aliphatic heterocycles. The molecular formula is C26H22N8O5S. The van der Waals surface area contributed by atoms with Crippen LogP contribution < -0.4 is 20.3 Å². The van der Waals surface area contributed by atoms with Crippen molar-refractivity contribution in [2.75, 3.05) is 12.4 Å². The third kappa shape index (κ3) is 4.71. The van der Waals surface area contributed by atoms with Crippen molar-refractivity contribution in [3.63, 3.8) is 0 Å². The second-order valence-corrected chi connectivity index (χ2v) is 9.74. The topological polar surface area (TPSA) is 151 Å². The molecule has 2 N–H and O–H groups in total. The van der Waals surface area contributed by atoms with Crippen molar-refractivity contribution in [2.24, 2.45) is 7.05 Å². The van der Waals surface area contributed by atoms with Gasteiger partial charge in [0.25, 0.3) is 10.8 Å². The van der Waals surface area contributed by atoms with Gasteiger partial charge in [0, 0.05) is 18.5 Å². The minimum Gasteiger partial charge on any atom is -0.497 e. The number of aromatic nitrogens is 7. The smallest absolute Gasteiger partial charge is 0.410 e. The Morgan fingerprint density at radius 2 is 1.88 bits per heavy atom. The Morgan fingerprint density at radius 3 is 2.65 bits per heavy atom. The predicted octanol–water partition coefficient (Wildman–Crippen LogP) is 3.92. The fourth-order valence-electron chi connectivity index (χ4n) is 4.35. The molecule has 0 saturated heterocycles. The lowest BCUT2D eigenvalue weighted by molar-refractivity contribution is 0.209.